The average molecular weight is 601 g/mol. The van der Waals surface area contributed by atoms with Crippen molar-refractivity contribution in [3.8, 4) is 0 Å². The van der Waals surface area contributed by atoms with Gasteiger partial charge in [-0.1, -0.05) is 57.5 Å². The number of ether oxygens (including phenoxy) is 1. The molecule has 0 heterocycles. The van der Waals surface area contributed by atoms with Crippen LogP contribution >= 0.6 is 24.2 Å². The highest BCUT2D eigenvalue weighted by molar-refractivity contribution is 7.80. The maximum Gasteiger partial charge on any atom is 0.407 e. The molecule has 13 heteroatoms. The van der Waals surface area contributed by atoms with Crippen LogP contribution in [-0.4, -0.2) is 71.9 Å². The fourth-order valence-electron chi connectivity index (χ4n) is 3.55. The van der Waals surface area contributed by atoms with Crippen molar-refractivity contribution in [2.75, 3.05) is 18.9 Å². The number of aliphatic carboxylic acids is 1. The lowest BCUT2D eigenvalue weighted by atomic mass is 10.0. The van der Waals surface area contributed by atoms with E-state index in [0.29, 0.717) is 18.0 Å². The van der Waals surface area contributed by atoms with Gasteiger partial charge in [0.05, 0.1) is 6.61 Å². The molecule has 0 aliphatic rings. The summed E-state index contributed by atoms with van der Waals surface area (Å²) in [7, 11) is 0. The number of nitrogens with one attached hydrogen (secondary N) is 4. The number of alkyl carbamates (subject to hydrolysis) is 1. The molecule has 0 spiro atoms. The molecule has 11 nitrogen and oxygen atoms in total. The van der Waals surface area contributed by atoms with Gasteiger partial charge in [-0.2, -0.15) is 12.6 Å². The zero-order valence-corrected chi connectivity index (χ0v) is 25.0. The quantitative estimate of drug-likeness (QED) is 0.150. The molecular weight excluding hydrogens is 560 g/mol. The molecule has 1 rings (SSSR count). The number of rotatable bonds is 17. The SMILES string of the molecule is CC(C)COC(=O)N[C@@H](CCC(=O)O)C(=O)N[C@@H](CC(C)C)C(=O)N[C@@H](CS)C(=O)NCCc1ccccc1Cl. The topological polar surface area (TPSA) is 163 Å². The van der Waals surface area contributed by atoms with E-state index in [9.17, 15) is 24.0 Å². The van der Waals surface area contributed by atoms with Crippen LogP contribution in [0.3, 0.4) is 0 Å². The molecule has 0 saturated heterocycles. The largest absolute Gasteiger partial charge is 0.481 e. The fraction of sp³-hybridized carbons (Fsp3) is 0.593. The van der Waals surface area contributed by atoms with Crippen LogP contribution in [0.5, 0.6) is 0 Å². The number of carboxylic acid groups (broad SMARTS) is 1. The highest BCUT2D eigenvalue weighted by Crippen LogP contribution is 2.15. The van der Waals surface area contributed by atoms with Gasteiger partial charge in [0.1, 0.15) is 18.1 Å². The third-order valence-corrected chi connectivity index (χ3v) is 6.34. The number of benzene rings is 1. The van der Waals surface area contributed by atoms with Gasteiger partial charge in [0.2, 0.25) is 17.7 Å². The lowest BCUT2D eigenvalue weighted by molar-refractivity contribution is -0.137. The second kappa shape index (κ2) is 18.4. The first-order chi connectivity index (χ1) is 18.8. The van der Waals surface area contributed by atoms with Crippen molar-refractivity contribution in [3.63, 3.8) is 0 Å². The van der Waals surface area contributed by atoms with Crippen molar-refractivity contribution in [1.82, 2.24) is 21.3 Å². The van der Waals surface area contributed by atoms with Crippen molar-refractivity contribution in [2.24, 2.45) is 11.8 Å². The van der Waals surface area contributed by atoms with Crippen molar-refractivity contribution in [3.05, 3.63) is 34.9 Å². The van der Waals surface area contributed by atoms with E-state index >= 15 is 0 Å². The summed E-state index contributed by atoms with van der Waals surface area (Å²) in [5.41, 5.74) is 0.870. The molecule has 3 atom stereocenters. The molecule has 40 heavy (non-hydrogen) atoms. The molecule has 0 aromatic heterocycles. The number of hydrogen-bond acceptors (Lipinski definition) is 7. The number of hydrogen-bond donors (Lipinski definition) is 6. The van der Waals surface area contributed by atoms with Crippen LogP contribution in [0.2, 0.25) is 5.02 Å². The van der Waals surface area contributed by atoms with Crippen molar-refractivity contribution < 1.29 is 33.8 Å². The van der Waals surface area contributed by atoms with Gasteiger partial charge in [-0.15, -0.1) is 0 Å². The number of amides is 4. The standard InChI is InChI=1S/C27H41ClN4O7S/c1-16(2)13-21(30-25(36)20(9-10-23(33)34)32-27(38)39-14-17(3)4)26(37)31-22(15-40)24(35)29-12-11-18-7-5-6-8-19(18)28/h5-8,16-17,20-22,40H,9-15H2,1-4H3,(H,29,35)(H,30,36)(H,31,37)(H,32,38)(H,33,34)/t20-,21-,22-/m0/s1. The first-order valence-corrected chi connectivity index (χ1v) is 14.2. The molecule has 0 radical (unpaired) electrons. The Kier molecular flexibility index (Phi) is 16.1. The Morgan fingerprint density at radius 3 is 2.10 bits per heavy atom. The third kappa shape index (κ3) is 13.9. The minimum absolute atomic E-state index is 0.0104. The summed E-state index contributed by atoms with van der Waals surface area (Å²) >= 11 is 10.4. The summed E-state index contributed by atoms with van der Waals surface area (Å²) in [6.07, 6.45) is -0.739. The van der Waals surface area contributed by atoms with E-state index < -0.39 is 47.9 Å². The summed E-state index contributed by atoms with van der Waals surface area (Å²) in [5, 5.41) is 20.0. The molecule has 1 aromatic rings. The second-order valence-corrected chi connectivity index (χ2v) is 11.0. The first kappa shape index (κ1) is 35.0. The van der Waals surface area contributed by atoms with Gasteiger partial charge in [-0.05, 0) is 42.7 Å². The molecular formula is C27H41ClN4O7S. The minimum atomic E-state index is -1.24. The van der Waals surface area contributed by atoms with Crippen LogP contribution in [0, 0.1) is 11.8 Å². The van der Waals surface area contributed by atoms with Crippen LogP contribution in [-0.2, 0) is 30.3 Å². The number of halogens is 1. The van der Waals surface area contributed by atoms with Gasteiger partial charge in [-0.25, -0.2) is 4.79 Å². The predicted molar refractivity (Wildman–Crippen MR) is 155 cm³/mol. The zero-order chi connectivity index (χ0) is 30.2. The molecule has 0 saturated carbocycles. The van der Waals surface area contributed by atoms with Gasteiger partial charge in [0, 0.05) is 23.7 Å². The smallest absolute Gasteiger partial charge is 0.407 e. The molecule has 224 valence electrons. The van der Waals surface area contributed by atoms with Gasteiger partial charge in [-0.3, -0.25) is 19.2 Å². The first-order valence-electron chi connectivity index (χ1n) is 13.2. The lowest BCUT2D eigenvalue weighted by Gasteiger charge is -2.25. The second-order valence-electron chi connectivity index (χ2n) is 10.2. The van der Waals surface area contributed by atoms with Crippen LogP contribution in [0.25, 0.3) is 0 Å². The van der Waals surface area contributed by atoms with Gasteiger partial charge >= 0.3 is 12.1 Å². The molecule has 0 aliphatic heterocycles. The molecule has 4 amide bonds. The summed E-state index contributed by atoms with van der Waals surface area (Å²) in [6, 6.07) is 4.01. The Labute approximate surface area is 245 Å². The number of carbonyl (C=O) groups excluding carboxylic acids is 4. The maximum atomic E-state index is 13.2. The van der Waals surface area contributed by atoms with E-state index in [2.05, 4.69) is 33.9 Å². The minimum Gasteiger partial charge on any atom is -0.481 e. The number of carbonyl (C=O) groups is 5. The van der Waals surface area contributed by atoms with Crippen LogP contribution in [0.15, 0.2) is 24.3 Å². The molecule has 0 fully saturated rings. The molecule has 0 aliphatic carbocycles. The van der Waals surface area contributed by atoms with E-state index in [1.165, 1.54) is 0 Å². The number of carboxylic acids is 1. The summed E-state index contributed by atoms with van der Waals surface area (Å²) < 4.78 is 5.05. The molecule has 1 aromatic carbocycles. The normalized spacial score (nSPS) is 13.2. The molecule has 0 unspecified atom stereocenters. The van der Waals surface area contributed by atoms with Gasteiger partial charge in [0.25, 0.3) is 0 Å². The van der Waals surface area contributed by atoms with Gasteiger partial charge in [0.15, 0.2) is 0 Å². The summed E-state index contributed by atoms with van der Waals surface area (Å²) in [4.78, 5) is 62.2. The highest BCUT2D eigenvalue weighted by Gasteiger charge is 2.30. The van der Waals surface area contributed by atoms with Crippen molar-refractivity contribution >= 4 is 54.0 Å². The van der Waals surface area contributed by atoms with E-state index in [-0.39, 0.29) is 43.5 Å². The fourth-order valence-corrected chi connectivity index (χ4v) is 4.04. The van der Waals surface area contributed by atoms with Crippen LogP contribution in [0.1, 0.15) is 52.5 Å². The highest BCUT2D eigenvalue weighted by atomic mass is 35.5. The molecule has 5 N–H and O–H groups in total. The number of thiol groups is 1. The van der Waals surface area contributed by atoms with Crippen molar-refractivity contribution in [1.29, 1.82) is 0 Å². The average Bonchev–Trinajstić information content (AvgIpc) is 2.88. The van der Waals surface area contributed by atoms with E-state index in [1.807, 2.05) is 45.9 Å². The zero-order valence-electron chi connectivity index (χ0n) is 23.4. The Hall–Kier alpha value is -2.99. The third-order valence-electron chi connectivity index (χ3n) is 5.61. The Balaban J connectivity index is 2.86. The summed E-state index contributed by atoms with van der Waals surface area (Å²) in [5.74, 6) is -2.89. The van der Waals surface area contributed by atoms with E-state index in [0.717, 1.165) is 5.56 Å². The lowest BCUT2D eigenvalue weighted by Crippen LogP contribution is -2.57. The maximum absolute atomic E-state index is 13.2. The van der Waals surface area contributed by atoms with Crippen molar-refractivity contribution in [2.45, 2.75) is 71.5 Å². The van der Waals surface area contributed by atoms with E-state index in [1.54, 1.807) is 6.07 Å². The molecule has 0 bridgehead atoms. The van der Waals surface area contributed by atoms with Gasteiger partial charge < -0.3 is 31.1 Å². The predicted octanol–water partition coefficient (Wildman–Crippen LogP) is 2.56. The van der Waals surface area contributed by atoms with E-state index in [4.69, 9.17) is 21.4 Å². The summed E-state index contributed by atoms with van der Waals surface area (Å²) in [6.45, 7) is 7.80. The Morgan fingerprint density at radius 2 is 1.52 bits per heavy atom. The Morgan fingerprint density at radius 1 is 0.900 bits per heavy atom. The monoisotopic (exact) mass is 600 g/mol. The van der Waals surface area contributed by atoms with Crippen LogP contribution < -0.4 is 21.3 Å². The Bertz CT molecular complexity index is 1010. The van der Waals surface area contributed by atoms with Crippen LogP contribution in [0.4, 0.5) is 4.79 Å².